The minimum atomic E-state index is -0.578. The molecule has 0 radical (unpaired) electrons. The van der Waals surface area contributed by atoms with E-state index in [0.29, 0.717) is 5.82 Å². The first-order valence-corrected chi connectivity index (χ1v) is 5.94. The van der Waals surface area contributed by atoms with Crippen LogP contribution in [0.5, 0.6) is 0 Å². The number of nitrogens with one attached hydrogen (secondary N) is 2. The zero-order valence-electron chi connectivity index (χ0n) is 9.93. The molecule has 5 heteroatoms. The van der Waals surface area contributed by atoms with Crippen LogP contribution >= 0.6 is 11.6 Å². The smallest absolute Gasteiger partial charge is 0.232 e. The first kappa shape index (κ1) is 13.0. The summed E-state index contributed by atoms with van der Waals surface area (Å²) in [6.07, 6.45) is 1.98. The molecule has 0 aliphatic heterocycles. The summed E-state index contributed by atoms with van der Waals surface area (Å²) >= 11 is 5.72. The molecule has 0 aliphatic rings. The summed E-state index contributed by atoms with van der Waals surface area (Å²) in [6.45, 7) is 5.69. The van der Waals surface area contributed by atoms with Crippen molar-refractivity contribution in [1.29, 1.82) is 0 Å². The van der Waals surface area contributed by atoms with Crippen LogP contribution in [0.25, 0.3) is 0 Å². The lowest BCUT2D eigenvalue weighted by Gasteiger charge is -2.19. The molecule has 90 valence electrons. The van der Waals surface area contributed by atoms with Gasteiger partial charge < -0.3 is 5.32 Å². The minimum absolute atomic E-state index is 0.114. The third-order valence-electron chi connectivity index (χ3n) is 2.34. The van der Waals surface area contributed by atoms with Crippen LogP contribution in [-0.4, -0.2) is 22.0 Å². The van der Waals surface area contributed by atoms with Crippen molar-refractivity contribution in [3.05, 3.63) is 11.8 Å². The first-order chi connectivity index (χ1) is 7.49. The molecule has 0 atom stereocenters. The van der Waals surface area contributed by atoms with Crippen LogP contribution in [0.4, 0.5) is 5.82 Å². The highest BCUT2D eigenvalue weighted by Gasteiger charge is 2.26. The molecule has 1 rings (SSSR count). The van der Waals surface area contributed by atoms with E-state index in [0.717, 1.165) is 18.5 Å². The number of anilines is 1. The van der Waals surface area contributed by atoms with Gasteiger partial charge in [-0.3, -0.25) is 9.89 Å². The van der Waals surface area contributed by atoms with Gasteiger partial charge in [-0.2, -0.15) is 5.10 Å². The number of aromatic nitrogens is 2. The molecule has 0 unspecified atom stereocenters. The Kier molecular flexibility index (Phi) is 4.35. The lowest BCUT2D eigenvalue weighted by atomic mass is 9.95. The number of hydrogen-bond donors (Lipinski definition) is 2. The van der Waals surface area contributed by atoms with Crippen molar-refractivity contribution in [3.63, 3.8) is 0 Å². The average Bonchev–Trinajstić information content (AvgIpc) is 2.66. The fraction of sp³-hybridized carbons (Fsp3) is 0.636. The number of halogens is 1. The highest BCUT2D eigenvalue weighted by molar-refractivity contribution is 6.20. The lowest BCUT2D eigenvalue weighted by molar-refractivity contribution is -0.123. The molecule has 1 aromatic rings. The van der Waals surface area contributed by atoms with Crippen molar-refractivity contribution in [2.24, 2.45) is 5.41 Å². The summed E-state index contributed by atoms with van der Waals surface area (Å²) in [6, 6.07) is 1.85. The summed E-state index contributed by atoms with van der Waals surface area (Å²) in [4.78, 5) is 11.8. The van der Waals surface area contributed by atoms with Gasteiger partial charge in [-0.1, -0.05) is 13.3 Å². The van der Waals surface area contributed by atoms with Crippen molar-refractivity contribution in [3.8, 4) is 0 Å². The van der Waals surface area contributed by atoms with E-state index >= 15 is 0 Å². The Balaban J connectivity index is 2.63. The molecular formula is C11H18ClN3O. The molecule has 0 spiro atoms. The van der Waals surface area contributed by atoms with E-state index in [4.69, 9.17) is 11.6 Å². The van der Waals surface area contributed by atoms with Crippen molar-refractivity contribution in [2.75, 3.05) is 11.2 Å². The number of rotatable bonds is 5. The van der Waals surface area contributed by atoms with Gasteiger partial charge in [-0.05, 0) is 20.3 Å². The van der Waals surface area contributed by atoms with E-state index in [1.54, 1.807) is 13.8 Å². The van der Waals surface area contributed by atoms with Gasteiger partial charge in [0, 0.05) is 17.6 Å². The second-order valence-corrected chi connectivity index (χ2v) is 4.77. The topological polar surface area (TPSA) is 57.8 Å². The molecule has 0 aromatic carbocycles. The van der Waals surface area contributed by atoms with Crippen LogP contribution in [0.2, 0.25) is 0 Å². The number of aryl methyl sites for hydroxylation is 1. The zero-order chi connectivity index (χ0) is 12.2. The second-order valence-electron chi connectivity index (χ2n) is 4.50. The molecule has 0 aliphatic carbocycles. The maximum atomic E-state index is 11.8. The second kappa shape index (κ2) is 5.34. The Labute approximate surface area is 101 Å². The number of alkyl halides is 1. The van der Waals surface area contributed by atoms with Crippen molar-refractivity contribution >= 4 is 23.3 Å². The highest BCUT2D eigenvalue weighted by atomic mass is 35.5. The summed E-state index contributed by atoms with van der Waals surface area (Å²) in [5, 5.41) is 9.65. The monoisotopic (exact) mass is 243 g/mol. The number of H-pyrrole nitrogens is 1. The Hall–Kier alpha value is -1.03. The Morgan fingerprint density at radius 2 is 2.31 bits per heavy atom. The molecule has 0 saturated heterocycles. The molecule has 1 amide bonds. The highest BCUT2D eigenvalue weighted by Crippen LogP contribution is 2.19. The molecule has 0 bridgehead atoms. The van der Waals surface area contributed by atoms with Gasteiger partial charge in [0.1, 0.15) is 0 Å². The van der Waals surface area contributed by atoms with Gasteiger partial charge in [0.25, 0.3) is 0 Å². The third kappa shape index (κ3) is 3.23. The van der Waals surface area contributed by atoms with Crippen molar-refractivity contribution in [1.82, 2.24) is 10.2 Å². The van der Waals surface area contributed by atoms with E-state index in [1.165, 1.54) is 0 Å². The van der Waals surface area contributed by atoms with E-state index in [2.05, 4.69) is 22.4 Å². The summed E-state index contributed by atoms with van der Waals surface area (Å²) in [5.74, 6) is 0.731. The van der Waals surface area contributed by atoms with E-state index in [-0.39, 0.29) is 11.8 Å². The SMILES string of the molecule is CCCc1cc(NC(=O)C(C)(C)CCl)n[nH]1. The van der Waals surface area contributed by atoms with E-state index in [9.17, 15) is 4.79 Å². The lowest BCUT2D eigenvalue weighted by Crippen LogP contribution is -2.32. The van der Waals surface area contributed by atoms with Crippen LogP contribution in [-0.2, 0) is 11.2 Å². The number of aromatic amines is 1. The predicted octanol–water partition coefficient (Wildman–Crippen LogP) is 2.57. The molecule has 1 heterocycles. The van der Waals surface area contributed by atoms with Gasteiger partial charge in [0.15, 0.2) is 5.82 Å². The number of nitrogens with zero attached hydrogens (tertiary/aromatic N) is 1. The number of hydrogen-bond acceptors (Lipinski definition) is 2. The number of carbonyl (C=O) groups is 1. The third-order valence-corrected chi connectivity index (χ3v) is 3.01. The minimum Gasteiger partial charge on any atom is -0.309 e. The van der Waals surface area contributed by atoms with Gasteiger partial charge >= 0.3 is 0 Å². The van der Waals surface area contributed by atoms with Crippen LogP contribution in [0.1, 0.15) is 32.9 Å². The normalized spacial score (nSPS) is 11.5. The Morgan fingerprint density at radius 1 is 1.62 bits per heavy atom. The summed E-state index contributed by atoms with van der Waals surface area (Å²) in [5.41, 5.74) is 0.451. The molecule has 16 heavy (non-hydrogen) atoms. The van der Waals surface area contributed by atoms with Gasteiger partial charge in [-0.15, -0.1) is 11.6 Å². The summed E-state index contributed by atoms with van der Waals surface area (Å²) in [7, 11) is 0. The Bertz CT molecular complexity index is 360. The van der Waals surface area contributed by atoms with Crippen LogP contribution in [0.15, 0.2) is 6.07 Å². The average molecular weight is 244 g/mol. The fourth-order valence-electron chi connectivity index (χ4n) is 1.17. The zero-order valence-corrected chi connectivity index (χ0v) is 10.7. The maximum Gasteiger partial charge on any atom is 0.232 e. The first-order valence-electron chi connectivity index (χ1n) is 5.41. The molecule has 0 fully saturated rings. The molecule has 1 aromatic heterocycles. The standard InChI is InChI=1S/C11H18ClN3O/c1-4-5-8-6-9(15-14-8)13-10(16)11(2,3)7-12/h6H,4-5,7H2,1-3H3,(H2,13,14,15,16). The van der Waals surface area contributed by atoms with Crippen LogP contribution < -0.4 is 5.32 Å². The molecule has 0 saturated carbocycles. The predicted molar refractivity (Wildman–Crippen MR) is 65.7 cm³/mol. The largest absolute Gasteiger partial charge is 0.309 e. The maximum absolute atomic E-state index is 11.8. The molecular weight excluding hydrogens is 226 g/mol. The number of amides is 1. The van der Waals surface area contributed by atoms with Gasteiger partial charge in [0.05, 0.1) is 5.41 Å². The van der Waals surface area contributed by atoms with Gasteiger partial charge in [-0.25, -0.2) is 0 Å². The Morgan fingerprint density at radius 3 is 2.88 bits per heavy atom. The molecule has 2 N–H and O–H groups in total. The van der Waals surface area contributed by atoms with Crippen molar-refractivity contribution in [2.45, 2.75) is 33.6 Å². The quantitative estimate of drug-likeness (QED) is 0.781. The van der Waals surface area contributed by atoms with Gasteiger partial charge in [0.2, 0.25) is 5.91 Å². The van der Waals surface area contributed by atoms with Crippen molar-refractivity contribution < 1.29 is 4.79 Å². The van der Waals surface area contributed by atoms with E-state index < -0.39 is 5.41 Å². The summed E-state index contributed by atoms with van der Waals surface area (Å²) < 4.78 is 0. The van der Waals surface area contributed by atoms with Crippen LogP contribution in [0, 0.1) is 5.41 Å². The molecule has 4 nitrogen and oxygen atoms in total. The van der Waals surface area contributed by atoms with Crippen LogP contribution in [0.3, 0.4) is 0 Å². The number of carbonyl (C=O) groups excluding carboxylic acids is 1. The van der Waals surface area contributed by atoms with E-state index in [1.807, 2.05) is 6.07 Å². The fourth-order valence-corrected chi connectivity index (χ4v) is 1.29.